The maximum absolute atomic E-state index is 9.85. The van der Waals surface area contributed by atoms with Crippen molar-refractivity contribution >= 4 is 46.4 Å². The van der Waals surface area contributed by atoms with E-state index in [1.165, 1.54) is 0 Å². The van der Waals surface area contributed by atoms with Gasteiger partial charge in [0.05, 0.1) is 28.3 Å². The van der Waals surface area contributed by atoms with E-state index in [2.05, 4.69) is 52.4 Å². The third-order valence-corrected chi connectivity index (χ3v) is 10.8. The third kappa shape index (κ3) is 10.4. The van der Waals surface area contributed by atoms with Crippen LogP contribution < -0.4 is 86.2 Å². The first kappa shape index (κ1) is 50.0. The largest absolute Gasteiger partial charge is 1.00 e. The lowest BCUT2D eigenvalue weighted by Crippen LogP contribution is -3.00. The fraction of sp³-hybridized carbons (Fsp3) is 0.167. The second-order valence-corrected chi connectivity index (χ2v) is 14.7. The van der Waals surface area contributed by atoms with Crippen LogP contribution in [0.3, 0.4) is 0 Å². The van der Waals surface area contributed by atoms with E-state index in [1.54, 1.807) is 0 Å². The first-order valence-electron chi connectivity index (χ1n) is 20.1. The van der Waals surface area contributed by atoms with Crippen LogP contribution in [0.2, 0.25) is 0 Å². The van der Waals surface area contributed by atoms with Crippen LogP contribution >= 0.6 is 0 Å². The summed E-state index contributed by atoms with van der Waals surface area (Å²) < 4.78 is 7.89. The fourth-order valence-corrected chi connectivity index (χ4v) is 8.12. The number of nitrogens with one attached hydrogen (secondary N) is 2. The van der Waals surface area contributed by atoms with Crippen molar-refractivity contribution in [2.24, 2.45) is 0 Å². The van der Waals surface area contributed by atoms with Crippen molar-refractivity contribution in [1.82, 2.24) is 19.9 Å². The summed E-state index contributed by atoms with van der Waals surface area (Å²) in [5.41, 5.74) is 13.7. The zero-order valence-electron chi connectivity index (χ0n) is 34.5. The Bertz CT molecular complexity index is 2840. The van der Waals surface area contributed by atoms with Crippen molar-refractivity contribution in [2.45, 2.75) is 26.2 Å². The molecule has 0 aromatic carbocycles. The second kappa shape index (κ2) is 22.7. The van der Waals surface area contributed by atoms with Crippen LogP contribution in [-0.4, -0.2) is 66.8 Å². The van der Waals surface area contributed by atoms with Crippen molar-refractivity contribution < 1.29 is 107 Å². The summed E-state index contributed by atoms with van der Waals surface area (Å²) in [6.45, 7) is 1.80. The zero-order valence-corrected chi connectivity index (χ0v) is 40.8. The molecule has 0 radical (unpaired) electrons. The lowest BCUT2D eigenvalue weighted by molar-refractivity contribution is -0.697. The number of aliphatic hydroxyl groups is 4. The van der Waals surface area contributed by atoms with Gasteiger partial charge in [-0.3, -0.25) is 0 Å². The van der Waals surface area contributed by atoms with E-state index in [0.717, 1.165) is 89.4 Å². The number of aromatic amines is 2. The quantitative estimate of drug-likeness (QED) is 0.0670. The maximum Gasteiger partial charge on any atom is 0.176 e. The standard InChI is InChI=1S/C48H46N8O4.4BrH/c57-25-21-53-17-1-5-33(29-53)45-37-9-11-39(49-37)46(34-6-2-18-54(30-34)22-26-58)41-13-15-43(51-41)48(36-8-4-20-56(32-36)24-28-60)44-16-14-42(52-44)47(40-12-10-38(45)50-40)35-7-3-19-55(31-35)23-27-59;;;;/h1-20,29-32,49-50,57-60H,21-28H2;4*1H/q+4;;;;/p-4. The molecule has 330 valence electrons. The number of rotatable bonds is 12. The summed E-state index contributed by atoms with van der Waals surface area (Å²) in [4.78, 5) is 18.3. The van der Waals surface area contributed by atoms with Crippen molar-refractivity contribution in [3.63, 3.8) is 0 Å². The average Bonchev–Trinajstić information content (AvgIpc) is 4.10. The molecule has 0 atom stereocenters. The minimum absolute atomic E-state index is 0. The van der Waals surface area contributed by atoms with Gasteiger partial charge < -0.3 is 98.3 Å². The Kier molecular flexibility index (Phi) is 17.7. The van der Waals surface area contributed by atoms with Crippen LogP contribution in [0.4, 0.5) is 0 Å². The van der Waals surface area contributed by atoms with E-state index in [0.29, 0.717) is 26.2 Å². The van der Waals surface area contributed by atoms with Gasteiger partial charge in [0, 0.05) is 85.3 Å². The third-order valence-electron chi connectivity index (χ3n) is 10.8. The van der Waals surface area contributed by atoms with E-state index in [1.807, 2.05) is 122 Å². The monoisotopic (exact) mass is 1110 g/mol. The second-order valence-electron chi connectivity index (χ2n) is 14.7. The molecule has 16 heteroatoms. The van der Waals surface area contributed by atoms with Crippen LogP contribution in [0.25, 0.3) is 90.9 Å². The lowest BCUT2D eigenvalue weighted by atomic mass is 10.0. The molecule has 6 N–H and O–H groups in total. The van der Waals surface area contributed by atoms with Crippen LogP contribution in [0, 0.1) is 0 Å². The topological polar surface area (TPSA) is 154 Å². The van der Waals surface area contributed by atoms with Gasteiger partial charge in [-0.15, -0.1) is 0 Å². The summed E-state index contributed by atoms with van der Waals surface area (Å²) in [6.07, 6.45) is 24.1. The van der Waals surface area contributed by atoms with Gasteiger partial charge in [-0.25, -0.2) is 28.2 Å². The Morgan fingerprint density at radius 2 is 0.625 bits per heavy atom. The van der Waals surface area contributed by atoms with Gasteiger partial charge >= 0.3 is 0 Å². The summed E-state index contributed by atoms with van der Waals surface area (Å²) in [6, 6.07) is 24.5. The van der Waals surface area contributed by atoms with E-state index in [9.17, 15) is 20.4 Å². The molecule has 0 unspecified atom stereocenters. The first-order chi connectivity index (χ1) is 29.5. The molecule has 2 aliphatic rings. The molecule has 7 aromatic rings. The zero-order chi connectivity index (χ0) is 41.0. The molecule has 12 nitrogen and oxygen atoms in total. The van der Waals surface area contributed by atoms with Gasteiger partial charge in [0.15, 0.2) is 75.8 Å². The first-order valence-corrected chi connectivity index (χ1v) is 20.1. The number of aromatic nitrogens is 8. The van der Waals surface area contributed by atoms with Gasteiger partial charge in [-0.1, -0.05) is 0 Å². The number of hydrogen-bond donors (Lipinski definition) is 6. The van der Waals surface area contributed by atoms with Crippen molar-refractivity contribution in [2.75, 3.05) is 26.4 Å². The predicted octanol–water partition coefficient (Wildman–Crippen LogP) is -7.54. The minimum Gasteiger partial charge on any atom is -1.00 e. The Labute approximate surface area is 412 Å². The molecular weight excluding hydrogens is 1070 g/mol. The molecule has 64 heavy (non-hydrogen) atoms. The highest BCUT2D eigenvalue weighted by atomic mass is 79.9. The fourth-order valence-electron chi connectivity index (χ4n) is 8.12. The van der Waals surface area contributed by atoms with Crippen molar-refractivity contribution in [1.29, 1.82) is 0 Å². The number of nitrogens with zero attached hydrogens (tertiary/aromatic N) is 6. The molecule has 0 saturated heterocycles. The molecular formula is C48H46Br4N8O4. The number of aliphatic hydroxyl groups excluding tert-OH is 4. The minimum atomic E-state index is 0. The van der Waals surface area contributed by atoms with Gasteiger partial charge in [0.2, 0.25) is 0 Å². The number of halogens is 4. The Balaban J connectivity index is 0.00000193. The lowest BCUT2D eigenvalue weighted by Gasteiger charge is -2.06. The average molecular weight is 1120 g/mol. The van der Waals surface area contributed by atoms with Crippen LogP contribution in [0.15, 0.2) is 122 Å². The highest BCUT2D eigenvalue weighted by Gasteiger charge is 2.22. The van der Waals surface area contributed by atoms with Crippen LogP contribution in [0.1, 0.15) is 22.8 Å². The van der Waals surface area contributed by atoms with Gasteiger partial charge in [-0.05, 0) is 72.8 Å². The molecule has 2 aliphatic heterocycles. The molecule has 0 spiro atoms. The number of hydrogen-bond acceptors (Lipinski definition) is 6. The number of H-pyrrole nitrogens is 2. The van der Waals surface area contributed by atoms with E-state index < -0.39 is 0 Å². The normalized spacial score (nSPS) is 11.3. The molecule has 0 fully saturated rings. The molecule has 0 amide bonds. The maximum atomic E-state index is 9.85. The van der Waals surface area contributed by atoms with Crippen molar-refractivity contribution in [3.8, 4) is 44.5 Å². The number of pyridine rings is 4. The highest BCUT2D eigenvalue weighted by molar-refractivity contribution is 5.99. The molecule has 0 aliphatic carbocycles. The van der Waals surface area contributed by atoms with Gasteiger partial charge in [0.25, 0.3) is 0 Å². The highest BCUT2D eigenvalue weighted by Crippen LogP contribution is 2.37. The van der Waals surface area contributed by atoms with E-state index in [-0.39, 0.29) is 94.4 Å². The molecule has 9 heterocycles. The summed E-state index contributed by atoms with van der Waals surface area (Å²) in [7, 11) is 0. The summed E-state index contributed by atoms with van der Waals surface area (Å²) in [5.74, 6) is 0. The summed E-state index contributed by atoms with van der Waals surface area (Å²) >= 11 is 0. The van der Waals surface area contributed by atoms with Gasteiger partial charge in [0.1, 0.15) is 26.4 Å². The van der Waals surface area contributed by atoms with E-state index in [4.69, 9.17) is 9.97 Å². The molecule has 7 aromatic heterocycles. The van der Waals surface area contributed by atoms with Gasteiger partial charge in [-0.2, -0.15) is 0 Å². The molecule has 8 bridgehead atoms. The van der Waals surface area contributed by atoms with Crippen LogP contribution in [-0.2, 0) is 26.2 Å². The molecule has 0 saturated carbocycles. The Morgan fingerprint density at radius 3 is 0.938 bits per heavy atom. The number of fused-ring (bicyclic) bond motifs is 8. The van der Waals surface area contributed by atoms with Crippen LogP contribution in [0.5, 0.6) is 0 Å². The Hall–Kier alpha value is -5.04. The summed E-state index contributed by atoms with van der Waals surface area (Å²) in [5, 5.41) is 39.4. The SMILES string of the molecule is OCC[n+]1cccc(-c2c3nc(c(-c4ccc[n+](CCO)c4)c4ccc([nH]4)c(-c4ccc[n+](CCO)c4)c4ccc([nH]4)c(-c4ccc[n+](CCO)c4)c4nc2C=C4)C=C3)c1.[Br-].[Br-].[Br-].[Br-]. The predicted molar refractivity (Wildman–Crippen MR) is 230 cm³/mol. The molecule has 9 rings (SSSR count). The van der Waals surface area contributed by atoms with Crippen molar-refractivity contribution in [3.05, 3.63) is 145 Å². The smallest absolute Gasteiger partial charge is 0.176 e. The Morgan fingerprint density at radius 1 is 0.359 bits per heavy atom. The van der Waals surface area contributed by atoms with E-state index >= 15 is 0 Å².